The fourth-order valence-corrected chi connectivity index (χ4v) is 1.61. The molecule has 2 aromatic rings. The largest absolute Gasteiger partial charge is 0.255 e. The third-order valence-corrected chi connectivity index (χ3v) is 2.47. The lowest BCUT2D eigenvalue weighted by Crippen LogP contribution is -1.75. The van der Waals surface area contributed by atoms with Gasteiger partial charge in [-0.3, -0.25) is 5.10 Å². The number of hydrogen-bond donors (Lipinski definition) is 1. The van der Waals surface area contributed by atoms with Crippen LogP contribution in [0.5, 0.6) is 0 Å². The van der Waals surface area contributed by atoms with E-state index in [1.807, 2.05) is 0 Å². The number of aryl methyl sites for hydroxylation is 1. The molecule has 4 heteroatoms. The molecule has 0 aliphatic heterocycles. The minimum Gasteiger partial charge on any atom is -0.255 e. The summed E-state index contributed by atoms with van der Waals surface area (Å²) < 4.78 is 0. The van der Waals surface area contributed by atoms with Crippen LogP contribution in [-0.4, -0.2) is 15.4 Å². The van der Waals surface area contributed by atoms with Gasteiger partial charge in [0.2, 0.25) is 0 Å². The normalized spacial score (nSPS) is 10.2. The molecule has 0 bridgehead atoms. The van der Waals surface area contributed by atoms with Crippen LogP contribution in [0.15, 0.2) is 34.2 Å². The Morgan fingerprint density at radius 2 is 2.08 bits per heavy atom. The predicted octanol–water partition coefficient (Wildman–Crippen LogP) is 2.06. The van der Waals surface area contributed by atoms with E-state index in [1.54, 1.807) is 11.8 Å². The highest BCUT2D eigenvalue weighted by molar-refractivity contribution is 7.99. The van der Waals surface area contributed by atoms with Crippen LogP contribution < -0.4 is 0 Å². The van der Waals surface area contributed by atoms with Crippen molar-refractivity contribution >= 4 is 11.8 Å². The molecule has 1 aromatic heterocycles. The molecule has 0 aliphatic rings. The van der Waals surface area contributed by atoms with Gasteiger partial charge < -0.3 is 0 Å². The van der Waals surface area contributed by atoms with Gasteiger partial charge in [-0.05, 0) is 19.1 Å². The number of aromatic amines is 1. The van der Waals surface area contributed by atoms with Crippen molar-refractivity contribution in [3.63, 3.8) is 0 Å². The molecule has 0 unspecified atom stereocenters. The van der Waals surface area contributed by atoms with Crippen LogP contribution in [0, 0.1) is 13.1 Å². The van der Waals surface area contributed by atoms with Gasteiger partial charge in [0.15, 0.2) is 5.03 Å². The molecule has 3 nitrogen and oxygen atoms in total. The highest BCUT2D eigenvalue weighted by atomic mass is 32.2. The maximum Gasteiger partial charge on any atom is 0.153 e. The second-order valence-corrected chi connectivity index (χ2v) is 3.72. The van der Waals surface area contributed by atoms with Crippen LogP contribution in [0.2, 0.25) is 0 Å². The molecule has 65 valence electrons. The molecule has 0 saturated carbocycles. The van der Waals surface area contributed by atoms with Crippen LogP contribution in [-0.2, 0) is 0 Å². The fourth-order valence-electron chi connectivity index (χ4n) is 0.932. The van der Waals surface area contributed by atoms with Crippen LogP contribution in [0.1, 0.15) is 5.56 Å². The van der Waals surface area contributed by atoms with Crippen LogP contribution in [0.4, 0.5) is 0 Å². The van der Waals surface area contributed by atoms with Crippen molar-refractivity contribution in [2.75, 3.05) is 0 Å². The maximum absolute atomic E-state index is 3.84. The van der Waals surface area contributed by atoms with Crippen molar-refractivity contribution in [1.82, 2.24) is 15.4 Å². The average molecular weight is 190 g/mol. The summed E-state index contributed by atoms with van der Waals surface area (Å²) in [5, 5.41) is 10.7. The molecule has 2 rings (SSSR count). The first-order valence-corrected chi connectivity index (χ1v) is 4.69. The van der Waals surface area contributed by atoms with E-state index in [-0.39, 0.29) is 0 Å². The van der Waals surface area contributed by atoms with Gasteiger partial charge >= 0.3 is 0 Å². The van der Waals surface area contributed by atoms with E-state index in [2.05, 4.69) is 52.8 Å². The zero-order valence-corrected chi connectivity index (χ0v) is 7.93. The molecule has 1 heterocycles. The lowest BCUT2D eigenvalue weighted by molar-refractivity contribution is 0.910. The maximum atomic E-state index is 3.84. The number of benzene rings is 1. The summed E-state index contributed by atoms with van der Waals surface area (Å²) in [4.78, 5) is 1.15. The van der Waals surface area contributed by atoms with E-state index in [0.29, 0.717) is 0 Å². The fraction of sp³-hybridized carbons (Fsp3) is 0.111. The first kappa shape index (κ1) is 8.31. The zero-order valence-electron chi connectivity index (χ0n) is 7.11. The summed E-state index contributed by atoms with van der Waals surface area (Å²) in [7, 11) is 0. The van der Waals surface area contributed by atoms with Gasteiger partial charge in [-0.2, -0.15) is 0 Å². The third-order valence-electron chi connectivity index (χ3n) is 1.59. The summed E-state index contributed by atoms with van der Waals surface area (Å²) in [5.41, 5.74) is 1.26. The van der Waals surface area contributed by atoms with Gasteiger partial charge in [0.05, 0.1) is 0 Å². The SMILES string of the molecule is Cc1ccc(Sc2[c][nH]nn2)cc1. The van der Waals surface area contributed by atoms with Crippen molar-refractivity contribution < 1.29 is 0 Å². The second kappa shape index (κ2) is 3.62. The molecule has 0 fully saturated rings. The van der Waals surface area contributed by atoms with Gasteiger partial charge in [-0.15, -0.1) is 5.10 Å². The standard InChI is InChI=1S/C9H8N3S/c1-7-2-4-8(5-3-7)13-9-6-10-12-11-9/h2-5H,1H3,(H,10,11,12). The summed E-state index contributed by atoms with van der Waals surface area (Å²) in [6.07, 6.45) is 2.82. The molecule has 0 aliphatic carbocycles. The molecule has 0 saturated heterocycles. The Kier molecular flexibility index (Phi) is 2.31. The molecule has 0 atom stereocenters. The van der Waals surface area contributed by atoms with Gasteiger partial charge in [0.1, 0.15) is 6.20 Å². The average Bonchev–Trinajstić information content (AvgIpc) is 2.62. The van der Waals surface area contributed by atoms with E-state index in [9.17, 15) is 0 Å². The minimum atomic E-state index is 0.767. The lowest BCUT2D eigenvalue weighted by Gasteiger charge is -1.96. The van der Waals surface area contributed by atoms with E-state index >= 15 is 0 Å². The lowest BCUT2D eigenvalue weighted by atomic mass is 10.2. The highest BCUT2D eigenvalue weighted by Crippen LogP contribution is 2.24. The zero-order chi connectivity index (χ0) is 9.10. The number of nitrogens with zero attached hydrogens (tertiary/aromatic N) is 2. The molecular weight excluding hydrogens is 182 g/mol. The van der Waals surface area contributed by atoms with Gasteiger partial charge in [-0.1, -0.05) is 34.7 Å². The Balaban J connectivity index is 2.15. The molecule has 1 aromatic carbocycles. The molecule has 13 heavy (non-hydrogen) atoms. The Bertz CT molecular complexity index is 366. The van der Waals surface area contributed by atoms with Crippen LogP contribution >= 0.6 is 11.8 Å². The minimum absolute atomic E-state index is 0.767. The van der Waals surface area contributed by atoms with E-state index in [4.69, 9.17) is 0 Å². The molecule has 0 amide bonds. The summed E-state index contributed by atoms with van der Waals surface area (Å²) >= 11 is 1.54. The highest BCUT2D eigenvalue weighted by Gasteiger charge is 1.99. The topological polar surface area (TPSA) is 41.6 Å². The summed E-state index contributed by atoms with van der Waals surface area (Å²) in [6, 6.07) is 8.26. The van der Waals surface area contributed by atoms with Crippen LogP contribution in [0.25, 0.3) is 0 Å². The molecule has 1 radical (unpaired) electrons. The van der Waals surface area contributed by atoms with Gasteiger partial charge in [0.25, 0.3) is 0 Å². The van der Waals surface area contributed by atoms with Crippen molar-refractivity contribution in [3.8, 4) is 0 Å². The van der Waals surface area contributed by atoms with Gasteiger partial charge in [-0.25, -0.2) is 0 Å². The number of H-pyrrole nitrogens is 1. The number of nitrogens with one attached hydrogen (secondary N) is 1. The number of aromatic nitrogens is 3. The van der Waals surface area contributed by atoms with Crippen molar-refractivity contribution in [2.24, 2.45) is 0 Å². The summed E-state index contributed by atoms with van der Waals surface area (Å²) in [5.74, 6) is 0. The van der Waals surface area contributed by atoms with Crippen molar-refractivity contribution in [1.29, 1.82) is 0 Å². The number of hydrogen-bond acceptors (Lipinski definition) is 3. The van der Waals surface area contributed by atoms with Crippen molar-refractivity contribution in [3.05, 3.63) is 36.0 Å². The molecular formula is C9H8N3S. The third kappa shape index (κ3) is 2.09. The second-order valence-electron chi connectivity index (χ2n) is 2.66. The van der Waals surface area contributed by atoms with E-state index in [1.165, 1.54) is 5.56 Å². The first-order valence-electron chi connectivity index (χ1n) is 3.88. The Labute approximate surface area is 80.6 Å². The Hall–Kier alpha value is -1.29. The molecule has 1 N–H and O–H groups in total. The summed E-state index contributed by atoms with van der Waals surface area (Å²) in [6.45, 7) is 2.07. The van der Waals surface area contributed by atoms with Crippen molar-refractivity contribution in [2.45, 2.75) is 16.8 Å². The van der Waals surface area contributed by atoms with E-state index < -0.39 is 0 Å². The number of rotatable bonds is 2. The van der Waals surface area contributed by atoms with Gasteiger partial charge in [0, 0.05) is 4.90 Å². The Morgan fingerprint density at radius 3 is 2.69 bits per heavy atom. The van der Waals surface area contributed by atoms with E-state index in [0.717, 1.165) is 9.92 Å². The smallest absolute Gasteiger partial charge is 0.153 e. The predicted molar refractivity (Wildman–Crippen MR) is 50.5 cm³/mol. The Morgan fingerprint density at radius 1 is 1.31 bits per heavy atom. The monoisotopic (exact) mass is 190 g/mol. The molecule has 0 spiro atoms. The van der Waals surface area contributed by atoms with Crippen LogP contribution in [0.3, 0.4) is 0 Å². The quantitative estimate of drug-likeness (QED) is 0.788. The first-order chi connectivity index (χ1) is 6.34.